The van der Waals surface area contributed by atoms with Gasteiger partial charge in [0.2, 0.25) is 0 Å². The van der Waals surface area contributed by atoms with Crippen molar-refractivity contribution < 1.29 is 4.42 Å². The van der Waals surface area contributed by atoms with Gasteiger partial charge in [-0.25, -0.2) is 0 Å². The average molecular weight is 188 g/mol. The summed E-state index contributed by atoms with van der Waals surface area (Å²) in [4.78, 5) is 0. The molecule has 0 N–H and O–H groups in total. The van der Waals surface area contributed by atoms with E-state index < -0.39 is 0 Å². The molecule has 2 aromatic rings. The molecule has 0 bridgehead atoms. The van der Waals surface area contributed by atoms with Crippen molar-refractivity contribution in [3.05, 3.63) is 34.3 Å². The Bertz CT molecular complexity index is 504. The van der Waals surface area contributed by atoms with E-state index in [9.17, 15) is 0 Å². The monoisotopic (exact) mass is 188 g/mol. The van der Waals surface area contributed by atoms with Crippen LogP contribution in [-0.2, 0) is 0 Å². The molecule has 0 saturated heterocycles. The van der Waals surface area contributed by atoms with Gasteiger partial charge >= 0.3 is 0 Å². The van der Waals surface area contributed by atoms with Crippen LogP contribution in [0.25, 0.3) is 10.8 Å². The molecule has 0 aliphatic rings. The normalized spacial score (nSPS) is 11.2. The summed E-state index contributed by atoms with van der Waals surface area (Å²) in [6.07, 6.45) is 0. The Morgan fingerprint density at radius 1 is 0.857 bits per heavy atom. The van der Waals surface area contributed by atoms with Crippen molar-refractivity contribution in [3.63, 3.8) is 0 Å². The van der Waals surface area contributed by atoms with Gasteiger partial charge in [0.25, 0.3) is 0 Å². The Morgan fingerprint density at radius 2 is 1.50 bits per heavy atom. The fourth-order valence-electron chi connectivity index (χ4n) is 2.15. The minimum atomic E-state index is 1.03. The highest BCUT2D eigenvalue weighted by Crippen LogP contribution is 2.31. The summed E-state index contributed by atoms with van der Waals surface area (Å²) < 4.78 is 5.66. The van der Waals surface area contributed by atoms with Crippen molar-refractivity contribution in [3.8, 4) is 0 Å². The fraction of sp³-hybridized carbons (Fsp3) is 0.385. The summed E-state index contributed by atoms with van der Waals surface area (Å²) in [6, 6.07) is 2.23. The topological polar surface area (TPSA) is 13.1 Å². The van der Waals surface area contributed by atoms with Gasteiger partial charge in [0.15, 0.2) is 0 Å². The summed E-state index contributed by atoms with van der Waals surface area (Å²) in [5, 5.41) is 2.56. The van der Waals surface area contributed by atoms with Crippen LogP contribution in [0.15, 0.2) is 10.5 Å². The maximum absolute atomic E-state index is 5.66. The van der Waals surface area contributed by atoms with Crippen molar-refractivity contribution in [2.24, 2.45) is 0 Å². The fourth-order valence-corrected chi connectivity index (χ4v) is 2.15. The van der Waals surface area contributed by atoms with E-state index >= 15 is 0 Å². The smallest absolute Gasteiger partial charge is 0.109 e. The first-order valence-corrected chi connectivity index (χ1v) is 4.99. The zero-order valence-corrected chi connectivity index (χ0v) is 9.49. The molecule has 0 radical (unpaired) electrons. The number of furan rings is 1. The van der Waals surface area contributed by atoms with Gasteiger partial charge in [-0.3, -0.25) is 0 Å². The third-order valence-corrected chi connectivity index (χ3v) is 3.20. The highest BCUT2D eigenvalue weighted by molar-refractivity contribution is 5.91. The minimum Gasteiger partial charge on any atom is -0.465 e. The van der Waals surface area contributed by atoms with E-state index in [1.165, 1.54) is 27.5 Å². The van der Waals surface area contributed by atoms with Gasteiger partial charge in [-0.05, 0) is 57.4 Å². The lowest BCUT2D eigenvalue weighted by molar-refractivity contribution is 0.510. The molecule has 0 amide bonds. The van der Waals surface area contributed by atoms with Gasteiger partial charge in [0.1, 0.15) is 11.5 Å². The second-order valence-corrected chi connectivity index (χ2v) is 4.08. The number of hydrogen-bond acceptors (Lipinski definition) is 1. The summed E-state index contributed by atoms with van der Waals surface area (Å²) in [6.45, 7) is 10.6. The Hall–Kier alpha value is -1.24. The third kappa shape index (κ3) is 1.08. The molecule has 0 spiro atoms. The van der Waals surface area contributed by atoms with Gasteiger partial charge in [-0.2, -0.15) is 0 Å². The molecule has 0 atom stereocenters. The van der Waals surface area contributed by atoms with Gasteiger partial charge in [0, 0.05) is 10.8 Å². The van der Waals surface area contributed by atoms with Crippen LogP contribution in [0.5, 0.6) is 0 Å². The third-order valence-electron chi connectivity index (χ3n) is 3.20. The second-order valence-electron chi connectivity index (χ2n) is 4.08. The quantitative estimate of drug-likeness (QED) is 0.609. The highest BCUT2D eigenvalue weighted by Gasteiger charge is 2.12. The van der Waals surface area contributed by atoms with Crippen LogP contribution < -0.4 is 0 Å². The van der Waals surface area contributed by atoms with Crippen LogP contribution in [-0.4, -0.2) is 0 Å². The standard InChI is InChI=1S/C13H16O/c1-7-6-12-10(4)14-11(5)13(12)9(3)8(7)2/h6H,1-5H3. The summed E-state index contributed by atoms with van der Waals surface area (Å²) in [5.41, 5.74) is 4.08. The van der Waals surface area contributed by atoms with Crippen LogP contribution in [0.2, 0.25) is 0 Å². The van der Waals surface area contributed by atoms with Crippen LogP contribution >= 0.6 is 0 Å². The van der Waals surface area contributed by atoms with Gasteiger partial charge in [0.05, 0.1) is 0 Å². The van der Waals surface area contributed by atoms with Crippen molar-refractivity contribution in [2.45, 2.75) is 34.6 Å². The van der Waals surface area contributed by atoms with E-state index in [-0.39, 0.29) is 0 Å². The van der Waals surface area contributed by atoms with Crippen molar-refractivity contribution in [1.29, 1.82) is 0 Å². The number of aryl methyl sites for hydroxylation is 4. The molecule has 0 saturated carbocycles. The van der Waals surface area contributed by atoms with E-state index in [2.05, 4.69) is 26.8 Å². The van der Waals surface area contributed by atoms with E-state index in [0.717, 1.165) is 11.5 Å². The molecule has 1 aromatic heterocycles. The van der Waals surface area contributed by atoms with E-state index in [1.54, 1.807) is 0 Å². The van der Waals surface area contributed by atoms with Crippen LogP contribution in [0.1, 0.15) is 28.2 Å². The molecular formula is C13H16O. The Kier molecular flexibility index (Phi) is 1.91. The molecule has 0 unspecified atom stereocenters. The average Bonchev–Trinajstić information content (AvgIpc) is 2.38. The van der Waals surface area contributed by atoms with Crippen molar-refractivity contribution in [2.75, 3.05) is 0 Å². The van der Waals surface area contributed by atoms with Crippen LogP contribution in [0, 0.1) is 34.6 Å². The molecule has 0 aliphatic carbocycles. The van der Waals surface area contributed by atoms with Crippen LogP contribution in [0.3, 0.4) is 0 Å². The molecule has 1 nitrogen and oxygen atoms in total. The zero-order chi connectivity index (χ0) is 10.5. The number of fused-ring (bicyclic) bond motifs is 1. The van der Waals surface area contributed by atoms with Crippen LogP contribution in [0.4, 0.5) is 0 Å². The number of benzene rings is 1. The lowest BCUT2D eigenvalue weighted by Gasteiger charge is -2.06. The molecule has 1 aromatic carbocycles. The second kappa shape index (κ2) is 2.88. The Labute approximate surface area is 84.7 Å². The predicted molar refractivity (Wildman–Crippen MR) is 59.9 cm³/mol. The van der Waals surface area contributed by atoms with E-state index in [4.69, 9.17) is 4.42 Å². The molecule has 2 rings (SSSR count). The Morgan fingerprint density at radius 3 is 2.14 bits per heavy atom. The molecule has 0 aliphatic heterocycles. The first-order chi connectivity index (χ1) is 6.52. The van der Waals surface area contributed by atoms with Gasteiger partial charge < -0.3 is 4.42 Å². The predicted octanol–water partition coefficient (Wildman–Crippen LogP) is 3.97. The first-order valence-electron chi connectivity index (χ1n) is 4.99. The van der Waals surface area contributed by atoms with E-state index in [0.29, 0.717) is 0 Å². The maximum atomic E-state index is 5.66. The first kappa shape index (κ1) is 9.32. The lowest BCUT2D eigenvalue weighted by atomic mass is 9.97. The zero-order valence-electron chi connectivity index (χ0n) is 9.49. The maximum Gasteiger partial charge on any atom is 0.109 e. The largest absolute Gasteiger partial charge is 0.465 e. The van der Waals surface area contributed by atoms with Gasteiger partial charge in [-0.15, -0.1) is 0 Å². The molecule has 1 heterocycles. The minimum absolute atomic E-state index is 1.03. The van der Waals surface area contributed by atoms with E-state index in [1.807, 2.05) is 13.8 Å². The van der Waals surface area contributed by atoms with Crippen molar-refractivity contribution in [1.82, 2.24) is 0 Å². The molecule has 0 fully saturated rings. The van der Waals surface area contributed by atoms with Crippen molar-refractivity contribution >= 4 is 10.8 Å². The molecule has 74 valence electrons. The number of rotatable bonds is 0. The summed E-state index contributed by atoms with van der Waals surface area (Å²) in [5.74, 6) is 2.07. The molecule has 1 heteroatoms. The molecule has 14 heavy (non-hydrogen) atoms. The summed E-state index contributed by atoms with van der Waals surface area (Å²) >= 11 is 0. The summed E-state index contributed by atoms with van der Waals surface area (Å²) in [7, 11) is 0. The Balaban J connectivity index is 3.01. The number of hydrogen-bond donors (Lipinski definition) is 0. The highest BCUT2D eigenvalue weighted by atomic mass is 16.3. The lowest BCUT2D eigenvalue weighted by Crippen LogP contribution is -1.87. The SMILES string of the molecule is Cc1cc2c(C)oc(C)c2c(C)c1C. The molecular weight excluding hydrogens is 172 g/mol. The van der Waals surface area contributed by atoms with Gasteiger partial charge in [-0.1, -0.05) is 0 Å².